The van der Waals surface area contributed by atoms with Crippen LogP contribution in [0.2, 0.25) is 5.02 Å². The van der Waals surface area contributed by atoms with Gasteiger partial charge in [-0.15, -0.1) is 0 Å². The largest absolute Gasteiger partial charge is 0.495 e. The van der Waals surface area contributed by atoms with Gasteiger partial charge in [0.25, 0.3) is 0 Å². The van der Waals surface area contributed by atoms with Crippen molar-refractivity contribution in [2.75, 3.05) is 36.7 Å². The smallest absolute Gasteiger partial charge is 0.323 e. The molecule has 0 aromatic heterocycles. The molecule has 0 bridgehead atoms. The normalized spacial score (nSPS) is 10.0. The lowest BCUT2D eigenvalue weighted by Crippen LogP contribution is -2.20. The lowest BCUT2D eigenvalue weighted by atomic mass is 10.2. The minimum Gasteiger partial charge on any atom is -0.495 e. The second-order valence-electron chi connectivity index (χ2n) is 4.87. The van der Waals surface area contributed by atoms with Gasteiger partial charge >= 0.3 is 6.03 Å². The fourth-order valence-corrected chi connectivity index (χ4v) is 2.10. The summed E-state index contributed by atoms with van der Waals surface area (Å²) in [5.74, 6) is 0.543. The van der Waals surface area contributed by atoms with Crippen molar-refractivity contribution in [1.29, 1.82) is 0 Å². The number of rotatable bonds is 4. The van der Waals surface area contributed by atoms with Gasteiger partial charge in [-0.3, -0.25) is 0 Å². The van der Waals surface area contributed by atoms with E-state index in [0.717, 1.165) is 5.69 Å². The first-order valence-electron chi connectivity index (χ1n) is 6.68. The van der Waals surface area contributed by atoms with Crippen molar-refractivity contribution < 1.29 is 9.53 Å². The summed E-state index contributed by atoms with van der Waals surface area (Å²) in [6.07, 6.45) is 0. The molecule has 0 aliphatic rings. The summed E-state index contributed by atoms with van der Waals surface area (Å²) in [6, 6.07) is 12.2. The first kappa shape index (κ1) is 16.0. The molecule has 0 radical (unpaired) electrons. The van der Waals surface area contributed by atoms with Gasteiger partial charge in [0.05, 0.1) is 12.8 Å². The fraction of sp³-hybridized carbons (Fsp3) is 0.188. The molecule has 0 aliphatic heterocycles. The summed E-state index contributed by atoms with van der Waals surface area (Å²) < 4.78 is 5.19. The number of hydrogen-bond donors (Lipinski definition) is 2. The van der Waals surface area contributed by atoms with Gasteiger partial charge in [-0.05, 0) is 36.4 Å². The van der Waals surface area contributed by atoms with Crippen molar-refractivity contribution in [2.24, 2.45) is 0 Å². The molecule has 0 spiro atoms. The van der Waals surface area contributed by atoms with Crippen molar-refractivity contribution in [3.05, 3.63) is 47.5 Å². The third-order valence-corrected chi connectivity index (χ3v) is 3.27. The topological polar surface area (TPSA) is 53.6 Å². The molecule has 0 fully saturated rings. The molecule has 0 saturated heterocycles. The molecule has 2 aromatic carbocycles. The van der Waals surface area contributed by atoms with Gasteiger partial charge < -0.3 is 20.3 Å². The molecule has 2 amide bonds. The Kier molecular flexibility index (Phi) is 5.12. The van der Waals surface area contributed by atoms with E-state index in [9.17, 15) is 4.79 Å². The van der Waals surface area contributed by atoms with Crippen LogP contribution >= 0.6 is 11.6 Å². The molecule has 116 valence electrons. The standard InChI is InChI=1S/C16H18ClN3O2/c1-20(2)13-6-4-5-12(10-13)18-16(21)19-14-9-11(17)7-8-15(14)22-3/h4-10H,1-3H3,(H2,18,19,21). The van der Waals surface area contributed by atoms with Crippen LogP contribution in [-0.2, 0) is 0 Å². The molecule has 0 heterocycles. The number of nitrogens with one attached hydrogen (secondary N) is 2. The van der Waals surface area contributed by atoms with Crippen molar-refractivity contribution in [2.45, 2.75) is 0 Å². The Bertz CT molecular complexity index is 674. The predicted octanol–water partition coefficient (Wildman–Crippen LogP) is 4.06. The average molecular weight is 320 g/mol. The van der Waals surface area contributed by atoms with Crippen LogP contribution in [0.5, 0.6) is 5.75 Å². The van der Waals surface area contributed by atoms with Crippen LogP contribution in [0.1, 0.15) is 0 Å². The summed E-state index contributed by atoms with van der Waals surface area (Å²) in [6.45, 7) is 0. The van der Waals surface area contributed by atoms with E-state index < -0.39 is 0 Å². The first-order chi connectivity index (χ1) is 10.5. The number of urea groups is 1. The van der Waals surface area contributed by atoms with Crippen molar-refractivity contribution in [3.8, 4) is 5.75 Å². The molecule has 2 rings (SSSR count). The highest BCUT2D eigenvalue weighted by Gasteiger charge is 2.09. The van der Waals surface area contributed by atoms with Gasteiger partial charge in [0.2, 0.25) is 0 Å². The van der Waals surface area contributed by atoms with Crippen LogP contribution < -0.4 is 20.3 Å². The van der Waals surface area contributed by atoms with E-state index in [1.54, 1.807) is 18.2 Å². The first-order valence-corrected chi connectivity index (χ1v) is 7.06. The number of nitrogens with zero attached hydrogens (tertiary/aromatic N) is 1. The lowest BCUT2D eigenvalue weighted by Gasteiger charge is -2.15. The number of halogens is 1. The number of amides is 2. The number of ether oxygens (including phenoxy) is 1. The van der Waals surface area contributed by atoms with Crippen LogP contribution in [0, 0.1) is 0 Å². The minimum absolute atomic E-state index is 0.364. The Morgan fingerprint density at radius 3 is 2.59 bits per heavy atom. The van der Waals surface area contributed by atoms with Crippen LogP contribution in [-0.4, -0.2) is 27.2 Å². The van der Waals surface area contributed by atoms with Gasteiger partial charge in [-0.1, -0.05) is 17.7 Å². The van der Waals surface area contributed by atoms with E-state index in [1.807, 2.05) is 43.3 Å². The molecular weight excluding hydrogens is 302 g/mol. The maximum atomic E-state index is 12.1. The van der Waals surface area contributed by atoms with Crippen LogP contribution in [0.15, 0.2) is 42.5 Å². The Morgan fingerprint density at radius 2 is 1.91 bits per heavy atom. The summed E-state index contributed by atoms with van der Waals surface area (Å²) in [4.78, 5) is 14.1. The highest BCUT2D eigenvalue weighted by Crippen LogP contribution is 2.28. The number of anilines is 3. The van der Waals surface area contributed by atoms with Crippen molar-refractivity contribution in [3.63, 3.8) is 0 Å². The molecule has 0 aliphatic carbocycles. The Hall–Kier alpha value is -2.40. The van der Waals surface area contributed by atoms with Crippen molar-refractivity contribution >= 4 is 34.7 Å². The van der Waals surface area contributed by atoms with Gasteiger partial charge in [-0.25, -0.2) is 4.79 Å². The summed E-state index contributed by atoms with van der Waals surface area (Å²) in [7, 11) is 5.42. The van der Waals surface area contributed by atoms with E-state index in [1.165, 1.54) is 7.11 Å². The van der Waals surface area contributed by atoms with E-state index in [-0.39, 0.29) is 6.03 Å². The van der Waals surface area contributed by atoms with Gasteiger partial charge in [-0.2, -0.15) is 0 Å². The highest BCUT2D eigenvalue weighted by atomic mass is 35.5. The second-order valence-corrected chi connectivity index (χ2v) is 5.30. The zero-order valence-electron chi connectivity index (χ0n) is 12.7. The fourth-order valence-electron chi connectivity index (χ4n) is 1.92. The van der Waals surface area contributed by atoms with Crippen molar-refractivity contribution in [1.82, 2.24) is 0 Å². The highest BCUT2D eigenvalue weighted by molar-refractivity contribution is 6.31. The SMILES string of the molecule is COc1ccc(Cl)cc1NC(=O)Nc1cccc(N(C)C)c1. The van der Waals surface area contributed by atoms with E-state index in [0.29, 0.717) is 22.1 Å². The van der Waals surface area contributed by atoms with Gasteiger partial charge in [0.15, 0.2) is 0 Å². The Labute approximate surface area is 134 Å². The van der Waals surface area contributed by atoms with E-state index in [4.69, 9.17) is 16.3 Å². The molecule has 2 aromatic rings. The van der Waals surface area contributed by atoms with Gasteiger partial charge in [0, 0.05) is 30.5 Å². The van der Waals surface area contributed by atoms with Crippen LogP contribution in [0.4, 0.5) is 21.9 Å². The summed E-state index contributed by atoms with van der Waals surface area (Å²) in [5.41, 5.74) is 2.21. The van der Waals surface area contributed by atoms with Crippen LogP contribution in [0.25, 0.3) is 0 Å². The molecule has 0 unspecified atom stereocenters. The third kappa shape index (κ3) is 4.05. The molecular formula is C16H18ClN3O2. The summed E-state index contributed by atoms with van der Waals surface area (Å²) >= 11 is 5.94. The zero-order chi connectivity index (χ0) is 16.1. The Balaban J connectivity index is 2.10. The van der Waals surface area contributed by atoms with Crippen LogP contribution in [0.3, 0.4) is 0 Å². The van der Waals surface area contributed by atoms with E-state index in [2.05, 4.69) is 10.6 Å². The molecule has 2 N–H and O–H groups in total. The molecule has 5 nitrogen and oxygen atoms in total. The molecule has 6 heteroatoms. The quantitative estimate of drug-likeness (QED) is 0.893. The number of hydrogen-bond acceptors (Lipinski definition) is 3. The maximum absolute atomic E-state index is 12.1. The number of methoxy groups -OCH3 is 1. The molecule has 0 atom stereocenters. The third-order valence-electron chi connectivity index (χ3n) is 3.03. The number of benzene rings is 2. The Morgan fingerprint density at radius 1 is 1.14 bits per heavy atom. The molecule has 22 heavy (non-hydrogen) atoms. The van der Waals surface area contributed by atoms with E-state index >= 15 is 0 Å². The maximum Gasteiger partial charge on any atom is 0.323 e. The monoisotopic (exact) mass is 319 g/mol. The number of carbonyl (C=O) groups excluding carboxylic acids is 1. The lowest BCUT2D eigenvalue weighted by molar-refractivity contribution is 0.262. The predicted molar refractivity (Wildman–Crippen MR) is 91.4 cm³/mol. The zero-order valence-corrected chi connectivity index (χ0v) is 13.4. The summed E-state index contributed by atoms with van der Waals surface area (Å²) in [5, 5.41) is 6.03. The number of carbonyl (C=O) groups is 1. The second kappa shape index (κ2) is 7.04. The minimum atomic E-state index is -0.364. The average Bonchev–Trinajstić information content (AvgIpc) is 2.47. The van der Waals surface area contributed by atoms with Gasteiger partial charge in [0.1, 0.15) is 5.75 Å². The molecule has 0 saturated carbocycles.